The lowest BCUT2D eigenvalue weighted by molar-refractivity contribution is -0.119. The Labute approximate surface area is 64.7 Å². The normalized spacial score (nSPS) is 9.18. The molecule has 0 fully saturated rings. The van der Waals surface area contributed by atoms with Crippen molar-refractivity contribution in [2.45, 2.75) is 13.5 Å². The lowest BCUT2D eigenvalue weighted by Gasteiger charge is -1.98. The van der Waals surface area contributed by atoms with E-state index in [1.54, 1.807) is 12.3 Å². The molecule has 1 aromatic heterocycles. The lowest BCUT2D eigenvalue weighted by Crippen LogP contribution is -2.19. The zero-order chi connectivity index (χ0) is 8.10. The van der Waals surface area contributed by atoms with E-state index >= 15 is 0 Å². The molecule has 1 radical (unpaired) electrons. The molecule has 1 aromatic rings. The maximum atomic E-state index is 10.5. The van der Waals surface area contributed by atoms with Crippen LogP contribution in [-0.4, -0.2) is 15.9 Å². The van der Waals surface area contributed by atoms with Crippen LogP contribution < -0.4 is 5.32 Å². The summed E-state index contributed by atoms with van der Waals surface area (Å²) in [4.78, 5) is 17.9. The lowest BCUT2D eigenvalue weighted by atomic mass is 10.4. The monoisotopic (exact) mass is 150 g/mol. The Morgan fingerprint density at radius 2 is 2.64 bits per heavy atom. The molecule has 11 heavy (non-hydrogen) atoms. The first-order chi connectivity index (χ1) is 5.29. The van der Waals surface area contributed by atoms with Gasteiger partial charge in [-0.05, 0) is 6.07 Å². The van der Waals surface area contributed by atoms with Crippen LogP contribution in [0.5, 0.6) is 0 Å². The third kappa shape index (κ3) is 2.75. The van der Waals surface area contributed by atoms with E-state index in [1.165, 1.54) is 6.92 Å². The first kappa shape index (κ1) is 7.65. The molecule has 1 rings (SSSR count). The maximum Gasteiger partial charge on any atom is 0.217 e. The minimum Gasteiger partial charge on any atom is -0.351 e. The van der Waals surface area contributed by atoms with Crippen molar-refractivity contribution < 1.29 is 4.79 Å². The maximum absolute atomic E-state index is 10.5. The van der Waals surface area contributed by atoms with Gasteiger partial charge in [-0.15, -0.1) is 0 Å². The zero-order valence-corrected chi connectivity index (χ0v) is 6.16. The predicted molar refractivity (Wildman–Crippen MR) is 38.4 cm³/mol. The van der Waals surface area contributed by atoms with Crippen molar-refractivity contribution in [3.05, 3.63) is 24.3 Å². The molecule has 0 saturated carbocycles. The van der Waals surface area contributed by atoms with Gasteiger partial charge in [0.15, 0.2) is 6.33 Å². The number of hydrogen-bond donors (Lipinski definition) is 1. The van der Waals surface area contributed by atoms with Gasteiger partial charge in [0.1, 0.15) is 0 Å². The summed E-state index contributed by atoms with van der Waals surface area (Å²) in [5.74, 6) is -0.0661. The van der Waals surface area contributed by atoms with Gasteiger partial charge in [0.05, 0.1) is 12.2 Å². The third-order valence-electron chi connectivity index (χ3n) is 1.11. The summed E-state index contributed by atoms with van der Waals surface area (Å²) in [6.07, 6.45) is 4.02. The molecule has 4 nitrogen and oxygen atoms in total. The summed E-state index contributed by atoms with van der Waals surface area (Å²) >= 11 is 0. The number of carbonyl (C=O) groups is 1. The minimum atomic E-state index is -0.0661. The number of hydrogen-bond acceptors (Lipinski definition) is 3. The summed E-state index contributed by atoms with van der Waals surface area (Å²) < 4.78 is 0. The Kier molecular flexibility index (Phi) is 2.54. The van der Waals surface area contributed by atoms with E-state index in [4.69, 9.17) is 0 Å². The molecule has 1 amide bonds. The Morgan fingerprint density at radius 3 is 3.18 bits per heavy atom. The quantitative estimate of drug-likeness (QED) is 0.641. The molecule has 4 heteroatoms. The Balaban J connectivity index is 2.45. The van der Waals surface area contributed by atoms with E-state index in [0.29, 0.717) is 6.54 Å². The average Bonchev–Trinajstić information content (AvgIpc) is 2.03. The molecule has 0 unspecified atom stereocenters. The van der Waals surface area contributed by atoms with E-state index < -0.39 is 0 Å². The topological polar surface area (TPSA) is 54.9 Å². The van der Waals surface area contributed by atoms with Crippen molar-refractivity contribution in [3.8, 4) is 0 Å². The van der Waals surface area contributed by atoms with Gasteiger partial charge in [0.2, 0.25) is 5.91 Å². The van der Waals surface area contributed by atoms with Crippen molar-refractivity contribution in [2.24, 2.45) is 0 Å². The van der Waals surface area contributed by atoms with E-state index in [9.17, 15) is 4.79 Å². The van der Waals surface area contributed by atoms with Crippen molar-refractivity contribution in [1.29, 1.82) is 0 Å². The first-order valence-electron chi connectivity index (χ1n) is 3.21. The number of nitrogens with one attached hydrogen (secondary N) is 1. The summed E-state index contributed by atoms with van der Waals surface area (Å²) in [5, 5.41) is 2.61. The average molecular weight is 150 g/mol. The van der Waals surface area contributed by atoms with Crippen LogP contribution in [0.25, 0.3) is 0 Å². The summed E-state index contributed by atoms with van der Waals surface area (Å²) in [5.41, 5.74) is 0.759. The van der Waals surface area contributed by atoms with E-state index in [-0.39, 0.29) is 5.91 Å². The molecule has 57 valence electrons. The summed E-state index contributed by atoms with van der Waals surface area (Å²) in [6, 6.07) is 1.73. The van der Waals surface area contributed by atoms with Gasteiger partial charge in [-0.25, -0.2) is 9.97 Å². The molecular weight excluding hydrogens is 142 g/mol. The van der Waals surface area contributed by atoms with Crippen molar-refractivity contribution >= 4 is 5.91 Å². The summed E-state index contributed by atoms with van der Waals surface area (Å²) in [6.45, 7) is 1.90. The van der Waals surface area contributed by atoms with Crippen molar-refractivity contribution in [2.75, 3.05) is 0 Å². The number of aromatic nitrogens is 2. The Hall–Kier alpha value is -1.45. The van der Waals surface area contributed by atoms with Crippen LogP contribution in [0.3, 0.4) is 0 Å². The van der Waals surface area contributed by atoms with E-state index in [0.717, 1.165) is 5.69 Å². The molecule has 1 heterocycles. The van der Waals surface area contributed by atoms with Crippen LogP contribution >= 0.6 is 0 Å². The molecule has 0 saturated heterocycles. The minimum absolute atomic E-state index is 0.0661. The highest BCUT2D eigenvalue weighted by Crippen LogP contribution is 1.87. The third-order valence-corrected chi connectivity index (χ3v) is 1.11. The van der Waals surface area contributed by atoms with Crippen LogP contribution in [0.15, 0.2) is 12.3 Å². The van der Waals surface area contributed by atoms with Crippen LogP contribution in [0, 0.1) is 6.33 Å². The highest BCUT2D eigenvalue weighted by atomic mass is 16.1. The largest absolute Gasteiger partial charge is 0.351 e. The fourth-order valence-electron chi connectivity index (χ4n) is 0.600. The van der Waals surface area contributed by atoms with Gasteiger partial charge in [-0.1, -0.05) is 0 Å². The van der Waals surface area contributed by atoms with Gasteiger partial charge in [-0.2, -0.15) is 0 Å². The van der Waals surface area contributed by atoms with E-state index in [1.807, 2.05) is 0 Å². The molecule has 0 aliphatic heterocycles. The van der Waals surface area contributed by atoms with Crippen molar-refractivity contribution in [1.82, 2.24) is 15.3 Å². The van der Waals surface area contributed by atoms with Crippen LogP contribution in [0.4, 0.5) is 0 Å². The van der Waals surface area contributed by atoms with Crippen molar-refractivity contribution in [3.63, 3.8) is 0 Å². The van der Waals surface area contributed by atoms with Gasteiger partial charge in [-0.3, -0.25) is 4.79 Å². The van der Waals surface area contributed by atoms with Gasteiger partial charge in [0.25, 0.3) is 0 Å². The van der Waals surface area contributed by atoms with Gasteiger partial charge >= 0.3 is 0 Å². The smallest absolute Gasteiger partial charge is 0.217 e. The van der Waals surface area contributed by atoms with E-state index in [2.05, 4.69) is 21.6 Å². The van der Waals surface area contributed by atoms with Crippen LogP contribution in [0.1, 0.15) is 12.6 Å². The van der Waals surface area contributed by atoms with Crippen LogP contribution in [0.2, 0.25) is 0 Å². The second-order valence-electron chi connectivity index (χ2n) is 2.06. The SMILES string of the molecule is CC(=O)NCc1ccn[c]n1. The number of carbonyl (C=O) groups excluding carboxylic acids is 1. The second kappa shape index (κ2) is 3.65. The molecule has 0 aromatic carbocycles. The molecule has 0 aliphatic rings. The second-order valence-corrected chi connectivity index (χ2v) is 2.06. The predicted octanol–water partition coefficient (Wildman–Crippen LogP) is -0.0871. The first-order valence-corrected chi connectivity index (χ1v) is 3.21. The fourth-order valence-corrected chi connectivity index (χ4v) is 0.600. The molecule has 0 atom stereocenters. The highest BCUT2D eigenvalue weighted by Gasteiger charge is 1.93. The Bertz CT molecular complexity index is 235. The number of rotatable bonds is 2. The number of nitrogens with zero attached hydrogens (tertiary/aromatic N) is 2. The van der Waals surface area contributed by atoms with Gasteiger partial charge in [0, 0.05) is 13.1 Å². The molecular formula is C7H8N3O. The molecule has 0 aliphatic carbocycles. The Morgan fingerprint density at radius 1 is 1.82 bits per heavy atom. The molecule has 0 spiro atoms. The molecule has 0 bridgehead atoms. The zero-order valence-electron chi connectivity index (χ0n) is 6.16. The van der Waals surface area contributed by atoms with Crippen LogP contribution in [-0.2, 0) is 11.3 Å². The fraction of sp³-hybridized carbons (Fsp3) is 0.286. The molecule has 1 N–H and O–H groups in total. The standard InChI is InChI=1S/C7H8N3O/c1-6(11)9-4-7-2-3-8-5-10-7/h2-3H,4H2,1H3,(H,9,11). The highest BCUT2D eigenvalue weighted by molar-refractivity contribution is 5.72. The summed E-state index contributed by atoms with van der Waals surface area (Å²) in [7, 11) is 0. The van der Waals surface area contributed by atoms with Gasteiger partial charge < -0.3 is 5.32 Å². The number of amides is 1.